The van der Waals surface area contributed by atoms with Crippen LogP contribution in [0.2, 0.25) is 0 Å². The Morgan fingerprint density at radius 2 is 1.72 bits per heavy atom. The second-order valence-electron chi connectivity index (χ2n) is 8.70. The first-order valence-electron chi connectivity index (χ1n) is 11.2. The Morgan fingerprint density at radius 3 is 2.24 bits per heavy atom. The van der Waals surface area contributed by atoms with Gasteiger partial charge in [0.05, 0.1) is 6.04 Å². The zero-order valence-corrected chi connectivity index (χ0v) is 18.4. The standard InChI is InChI=1S/C24H38N2O3/c1-5-21(28)26(23(18(4)16-27)19-12-8-6-9-13-19)22(17(2)3)24(29)25-20-14-10-7-11-15-20/h6,8-9,12-13,17-18,20,22-23,27H,5,7,10-11,14-16H2,1-4H3,(H,25,29)/t18-,22+,23+/m1/s1. The number of carbonyl (C=O) groups is 2. The number of aliphatic hydroxyl groups excluding tert-OH is 1. The van der Waals surface area contributed by atoms with Crippen molar-refractivity contribution in [1.82, 2.24) is 10.2 Å². The fraction of sp³-hybridized carbons (Fsp3) is 0.667. The zero-order valence-electron chi connectivity index (χ0n) is 18.4. The molecular weight excluding hydrogens is 364 g/mol. The van der Waals surface area contributed by atoms with Gasteiger partial charge in [0.1, 0.15) is 6.04 Å². The van der Waals surface area contributed by atoms with Crippen LogP contribution in [0.25, 0.3) is 0 Å². The summed E-state index contributed by atoms with van der Waals surface area (Å²) in [6.45, 7) is 7.70. The van der Waals surface area contributed by atoms with Crippen LogP contribution in [-0.2, 0) is 9.59 Å². The minimum atomic E-state index is -0.566. The van der Waals surface area contributed by atoms with Crippen molar-refractivity contribution in [1.29, 1.82) is 0 Å². The molecular formula is C24H38N2O3. The molecule has 0 aliphatic heterocycles. The summed E-state index contributed by atoms with van der Waals surface area (Å²) in [4.78, 5) is 28.3. The molecule has 0 bridgehead atoms. The summed E-state index contributed by atoms with van der Waals surface area (Å²) in [5, 5.41) is 13.2. The van der Waals surface area contributed by atoms with Crippen molar-refractivity contribution in [2.45, 2.75) is 84.3 Å². The van der Waals surface area contributed by atoms with Crippen molar-refractivity contribution in [3.63, 3.8) is 0 Å². The minimum Gasteiger partial charge on any atom is -0.396 e. The Hall–Kier alpha value is -1.88. The number of hydrogen-bond donors (Lipinski definition) is 2. The van der Waals surface area contributed by atoms with Crippen molar-refractivity contribution >= 4 is 11.8 Å². The van der Waals surface area contributed by atoms with E-state index in [0.717, 1.165) is 31.2 Å². The van der Waals surface area contributed by atoms with Crippen molar-refractivity contribution in [2.75, 3.05) is 6.61 Å². The summed E-state index contributed by atoms with van der Waals surface area (Å²) in [6.07, 6.45) is 5.85. The number of rotatable bonds is 9. The summed E-state index contributed by atoms with van der Waals surface area (Å²) >= 11 is 0. The number of hydrogen-bond acceptors (Lipinski definition) is 3. The first-order valence-corrected chi connectivity index (χ1v) is 11.2. The van der Waals surface area contributed by atoms with Crippen LogP contribution in [0.4, 0.5) is 0 Å². The van der Waals surface area contributed by atoms with Gasteiger partial charge in [0, 0.05) is 25.0 Å². The lowest BCUT2D eigenvalue weighted by Gasteiger charge is -2.42. The monoisotopic (exact) mass is 402 g/mol. The summed E-state index contributed by atoms with van der Waals surface area (Å²) in [6, 6.07) is 9.04. The summed E-state index contributed by atoms with van der Waals surface area (Å²) < 4.78 is 0. The SMILES string of the molecule is CCC(=O)N([C@H](C(=O)NC1CCCCC1)C(C)C)[C@H](c1ccccc1)[C@H](C)CO. The van der Waals surface area contributed by atoms with Crippen molar-refractivity contribution in [2.24, 2.45) is 11.8 Å². The Balaban J connectivity index is 2.41. The van der Waals surface area contributed by atoms with Crippen LogP contribution < -0.4 is 5.32 Å². The fourth-order valence-corrected chi connectivity index (χ4v) is 4.46. The summed E-state index contributed by atoms with van der Waals surface area (Å²) in [7, 11) is 0. The molecule has 1 aromatic rings. The molecule has 2 N–H and O–H groups in total. The molecule has 3 atom stereocenters. The van der Waals surface area contributed by atoms with Gasteiger partial charge in [0.2, 0.25) is 11.8 Å². The molecule has 5 heteroatoms. The van der Waals surface area contributed by atoms with Gasteiger partial charge in [-0.1, -0.05) is 77.3 Å². The summed E-state index contributed by atoms with van der Waals surface area (Å²) in [5.74, 6) is -0.348. The van der Waals surface area contributed by atoms with Gasteiger partial charge in [-0.3, -0.25) is 9.59 Å². The molecule has 5 nitrogen and oxygen atoms in total. The maximum atomic E-state index is 13.4. The van der Waals surface area contributed by atoms with E-state index in [4.69, 9.17) is 0 Å². The van der Waals surface area contributed by atoms with Gasteiger partial charge in [-0.25, -0.2) is 0 Å². The van der Waals surface area contributed by atoms with Gasteiger partial charge in [0.25, 0.3) is 0 Å². The van der Waals surface area contributed by atoms with Gasteiger partial charge in [0.15, 0.2) is 0 Å². The van der Waals surface area contributed by atoms with E-state index >= 15 is 0 Å². The molecule has 1 saturated carbocycles. The first kappa shape index (κ1) is 23.4. The number of carbonyl (C=O) groups excluding carboxylic acids is 2. The number of nitrogens with one attached hydrogen (secondary N) is 1. The molecule has 29 heavy (non-hydrogen) atoms. The van der Waals surface area contributed by atoms with Crippen LogP contribution in [0.15, 0.2) is 30.3 Å². The van der Waals surface area contributed by atoms with Gasteiger partial charge >= 0.3 is 0 Å². The molecule has 0 radical (unpaired) electrons. The average molecular weight is 403 g/mol. The molecule has 0 spiro atoms. The lowest BCUT2D eigenvalue weighted by molar-refractivity contribution is -0.147. The van der Waals surface area contributed by atoms with Gasteiger partial charge in [-0.15, -0.1) is 0 Å². The second-order valence-corrected chi connectivity index (χ2v) is 8.70. The van der Waals surface area contributed by atoms with E-state index < -0.39 is 6.04 Å². The smallest absolute Gasteiger partial charge is 0.243 e. The van der Waals surface area contributed by atoms with Crippen molar-refractivity contribution in [3.05, 3.63) is 35.9 Å². The number of aliphatic hydroxyl groups is 1. The largest absolute Gasteiger partial charge is 0.396 e. The number of nitrogens with zero attached hydrogens (tertiary/aromatic N) is 1. The van der Waals surface area contributed by atoms with Crippen LogP contribution in [0.1, 0.15) is 77.8 Å². The molecule has 0 unspecified atom stereocenters. The lowest BCUT2D eigenvalue weighted by Crippen LogP contribution is -2.56. The van der Waals surface area contributed by atoms with E-state index in [-0.39, 0.29) is 42.3 Å². The third kappa shape index (κ3) is 6.05. The highest BCUT2D eigenvalue weighted by molar-refractivity contribution is 5.88. The van der Waals surface area contributed by atoms with E-state index in [9.17, 15) is 14.7 Å². The van der Waals surface area contributed by atoms with E-state index in [1.54, 1.807) is 4.90 Å². The van der Waals surface area contributed by atoms with Crippen LogP contribution in [0, 0.1) is 11.8 Å². The Morgan fingerprint density at radius 1 is 1.10 bits per heavy atom. The van der Waals surface area contributed by atoms with Crippen LogP contribution >= 0.6 is 0 Å². The zero-order chi connectivity index (χ0) is 21.4. The quantitative estimate of drug-likeness (QED) is 0.654. The second kappa shape index (κ2) is 11.3. The van der Waals surface area contributed by atoms with Crippen LogP contribution in [-0.4, -0.2) is 40.5 Å². The van der Waals surface area contributed by atoms with E-state index in [0.29, 0.717) is 6.42 Å². The molecule has 1 aliphatic carbocycles. The molecule has 0 saturated heterocycles. The van der Waals surface area contributed by atoms with Gasteiger partial charge < -0.3 is 15.3 Å². The number of benzene rings is 1. The predicted molar refractivity (Wildman–Crippen MR) is 116 cm³/mol. The fourth-order valence-electron chi connectivity index (χ4n) is 4.46. The van der Waals surface area contributed by atoms with Crippen molar-refractivity contribution in [3.8, 4) is 0 Å². The first-order chi connectivity index (χ1) is 13.9. The van der Waals surface area contributed by atoms with Gasteiger partial charge in [-0.2, -0.15) is 0 Å². The normalized spacial score (nSPS) is 18.1. The molecule has 2 rings (SSSR count). The van der Waals surface area contributed by atoms with Gasteiger partial charge in [-0.05, 0) is 24.3 Å². The van der Waals surface area contributed by atoms with Crippen molar-refractivity contribution < 1.29 is 14.7 Å². The third-order valence-electron chi connectivity index (χ3n) is 6.01. The highest BCUT2D eigenvalue weighted by Gasteiger charge is 2.39. The van der Waals surface area contributed by atoms with Crippen LogP contribution in [0.3, 0.4) is 0 Å². The molecule has 1 aromatic carbocycles. The molecule has 2 amide bonds. The van der Waals surface area contributed by atoms with E-state index in [1.165, 1.54) is 6.42 Å². The molecule has 0 heterocycles. The van der Waals surface area contributed by atoms with E-state index in [1.807, 2.05) is 58.0 Å². The Kier molecular flexibility index (Phi) is 9.15. The maximum Gasteiger partial charge on any atom is 0.243 e. The highest BCUT2D eigenvalue weighted by atomic mass is 16.3. The van der Waals surface area contributed by atoms with E-state index in [2.05, 4.69) is 5.32 Å². The predicted octanol–water partition coefficient (Wildman–Crippen LogP) is 4.07. The maximum absolute atomic E-state index is 13.4. The molecule has 0 aromatic heterocycles. The Labute approximate surface area is 175 Å². The summed E-state index contributed by atoms with van der Waals surface area (Å²) in [5.41, 5.74) is 0.951. The molecule has 1 fully saturated rings. The molecule has 162 valence electrons. The van der Waals surface area contributed by atoms with Crippen LogP contribution in [0.5, 0.6) is 0 Å². The number of amides is 2. The molecule has 1 aliphatic rings. The topological polar surface area (TPSA) is 69.6 Å². The highest BCUT2D eigenvalue weighted by Crippen LogP contribution is 2.33. The minimum absolute atomic E-state index is 0.0359. The third-order valence-corrected chi connectivity index (χ3v) is 6.01. The lowest BCUT2D eigenvalue weighted by atomic mass is 9.88. The average Bonchev–Trinajstić information content (AvgIpc) is 2.73. The Bertz CT molecular complexity index is 641.